The number of rotatable bonds is 3. The minimum Gasteiger partial charge on any atom is -0.497 e. The molecule has 0 aromatic heterocycles. The lowest BCUT2D eigenvalue weighted by Crippen LogP contribution is -1.87. The second-order valence-electron chi connectivity index (χ2n) is 4.62. The molecule has 2 atom stereocenters. The maximum atomic E-state index is 5.24. The van der Waals surface area contributed by atoms with Crippen LogP contribution >= 0.6 is 0 Å². The zero-order chi connectivity index (χ0) is 9.54. The van der Waals surface area contributed by atoms with Crippen LogP contribution in [0.4, 0.5) is 0 Å². The molecule has 0 bridgehead atoms. The van der Waals surface area contributed by atoms with Crippen LogP contribution in [0.1, 0.15) is 30.7 Å². The highest BCUT2D eigenvalue weighted by Gasteiger charge is 2.47. The maximum absolute atomic E-state index is 5.24. The van der Waals surface area contributed by atoms with E-state index in [4.69, 9.17) is 4.74 Å². The van der Waals surface area contributed by atoms with Crippen molar-refractivity contribution in [2.45, 2.75) is 25.2 Å². The molecule has 0 unspecified atom stereocenters. The molecule has 0 radical (unpaired) electrons. The molecule has 1 aromatic carbocycles. The molecule has 0 N–H and O–H groups in total. The van der Waals surface area contributed by atoms with Crippen LogP contribution in [0.2, 0.25) is 0 Å². The van der Waals surface area contributed by atoms with Crippen molar-refractivity contribution in [1.82, 2.24) is 0 Å². The smallest absolute Gasteiger partial charge is 0.119 e. The van der Waals surface area contributed by atoms with Crippen molar-refractivity contribution in [3.05, 3.63) is 29.8 Å². The Morgan fingerprint density at radius 2 is 2.14 bits per heavy atom. The van der Waals surface area contributed by atoms with Gasteiger partial charge in [-0.2, -0.15) is 0 Å². The van der Waals surface area contributed by atoms with Gasteiger partial charge in [0.2, 0.25) is 0 Å². The number of ether oxygens (including phenoxy) is 1. The Kier molecular flexibility index (Phi) is 1.79. The van der Waals surface area contributed by atoms with Crippen LogP contribution in [-0.2, 0) is 0 Å². The van der Waals surface area contributed by atoms with Gasteiger partial charge in [0, 0.05) is 0 Å². The minimum absolute atomic E-state index is 0.845. The lowest BCUT2D eigenvalue weighted by atomic mass is 10.1. The molecule has 74 valence electrons. The molecular formula is C13H16O. The van der Waals surface area contributed by atoms with E-state index in [1.54, 1.807) is 7.11 Å². The van der Waals surface area contributed by atoms with Crippen molar-refractivity contribution in [2.24, 2.45) is 11.8 Å². The maximum Gasteiger partial charge on any atom is 0.119 e. The van der Waals surface area contributed by atoms with Crippen molar-refractivity contribution in [1.29, 1.82) is 0 Å². The average molecular weight is 188 g/mol. The first kappa shape index (κ1) is 8.34. The summed E-state index contributed by atoms with van der Waals surface area (Å²) in [4.78, 5) is 0. The topological polar surface area (TPSA) is 9.23 Å². The molecule has 0 amide bonds. The van der Waals surface area contributed by atoms with E-state index in [0.717, 1.165) is 23.5 Å². The van der Waals surface area contributed by atoms with Gasteiger partial charge < -0.3 is 4.74 Å². The first-order valence-electron chi connectivity index (χ1n) is 5.52. The highest BCUT2D eigenvalue weighted by atomic mass is 16.5. The van der Waals surface area contributed by atoms with Crippen molar-refractivity contribution in [2.75, 3.05) is 7.11 Å². The summed E-state index contributed by atoms with van der Waals surface area (Å²) in [6, 6.07) is 8.58. The summed E-state index contributed by atoms with van der Waals surface area (Å²) in [6.45, 7) is 0. The third kappa shape index (κ3) is 1.41. The van der Waals surface area contributed by atoms with Crippen LogP contribution in [0, 0.1) is 11.8 Å². The molecule has 2 saturated carbocycles. The zero-order valence-electron chi connectivity index (χ0n) is 8.57. The standard InChI is InChI=1S/C13H16O/c1-14-11-4-2-3-10(7-11)13-8-12(13)9-5-6-9/h2-4,7,9,12-13H,5-6,8H2,1H3/t12-,13-/m1/s1. The summed E-state index contributed by atoms with van der Waals surface area (Å²) < 4.78 is 5.24. The van der Waals surface area contributed by atoms with Gasteiger partial charge in [-0.25, -0.2) is 0 Å². The van der Waals surface area contributed by atoms with Gasteiger partial charge in [-0.1, -0.05) is 12.1 Å². The Labute approximate surface area is 85.1 Å². The third-order valence-electron chi connectivity index (χ3n) is 3.59. The number of benzene rings is 1. The molecule has 2 aliphatic carbocycles. The first-order chi connectivity index (χ1) is 6.88. The van der Waals surface area contributed by atoms with Crippen LogP contribution in [0.5, 0.6) is 5.75 Å². The van der Waals surface area contributed by atoms with Gasteiger partial charge in [-0.05, 0) is 54.7 Å². The van der Waals surface area contributed by atoms with E-state index in [-0.39, 0.29) is 0 Å². The molecule has 0 spiro atoms. The zero-order valence-corrected chi connectivity index (χ0v) is 8.57. The van der Waals surface area contributed by atoms with Crippen molar-refractivity contribution >= 4 is 0 Å². The van der Waals surface area contributed by atoms with Gasteiger partial charge in [0.1, 0.15) is 5.75 Å². The summed E-state index contributed by atoms with van der Waals surface area (Å²) in [5.74, 6) is 3.91. The average Bonchev–Trinajstić information content (AvgIpc) is 3.06. The van der Waals surface area contributed by atoms with Crippen LogP contribution in [-0.4, -0.2) is 7.11 Å². The highest BCUT2D eigenvalue weighted by Crippen LogP contribution is 2.59. The second kappa shape index (κ2) is 3.01. The van der Waals surface area contributed by atoms with Crippen molar-refractivity contribution < 1.29 is 4.74 Å². The van der Waals surface area contributed by atoms with Gasteiger partial charge in [-0.15, -0.1) is 0 Å². The molecule has 2 fully saturated rings. The largest absolute Gasteiger partial charge is 0.497 e. The van der Waals surface area contributed by atoms with Gasteiger partial charge in [-0.3, -0.25) is 0 Å². The molecule has 1 aromatic rings. The van der Waals surface area contributed by atoms with E-state index in [9.17, 15) is 0 Å². The molecule has 2 aliphatic rings. The van der Waals surface area contributed by atoms with Gasteiger partial charge in [0.05, 0.1) is 7.11 Å². The molecule has 0 saturated heterocycles. The van der Waals surface area contributed by atoms with E-state index in [1.807, 2.05) is 6.07 Å². The van der Waals surface area contributed by atoms with Gasteiger partial charge in [0.25, 0.3) is 0 Å². The Morgan fingerprint density at radius 3 is 2.86 bits per heavy atom. The molecule has 0 heterocycles. The predicted octanol–water partition coefficient (Wildman–Crippen LogP) is 3.21. The van der Waals surface area contributed by atoms with Crippen LogP contribution in [0.15, 0.2) is 24.3 Å². The molecule has 3 rings (SSSR count). The molecule has 1 heteroatoms. The van der Waals surface area contributed by atoms with Crippen LogP contribution in [0.3, 0.4) is 0 Å². The van der Waals surface area contributed by atoms with E-state index < -0.39 is 0 Å². The second-order valence-corrected chi connectivity index (χ2v) is 4.62. The Balaban J connectivity index is 1.76. The summed E-state index contributed by atoms with van der Waals surface area (Å²) in [6.07, 6.45) is 4.37. The van der Waals surface area contributed by atoms with Crippen LogP contribution < -0.4 is 4.74 Å². The van der Waals surface area contributed by atoms with Gasteiger partial charge in [0.15, 0.2) is 0 Å². The van der Waals surface area contributed by atoms with Crippen molar-refractivity contribution in [3.8, 4) is 5.75 Å². The molecule has 14 heavy (non-hydrogen) atoms. The number of methoxy groups -OCH3 is 1. The summed E-state index contributed by atoms with van der Waals surface area (Å²) in [5, 5.41) is 0. The highest BCUT2D eigenvalue weighted by molar-refractivity contribution is 5.34. The molecule has 0 aliphatic heterocycles. The normalized spacial score (nSPS) is 30.1. The molecule has 1 nitrogen and oxygen atoms in total. The SMILES string of the molecule is COc1cccc([C@H]2C[C@@H]2C2CC2)c1. The van der Waals surface area contributed by atoms with E-state index >= 15 is 0 Å². The Hall–Kier alpha value is -0.980. The number of hydrogen-bond donors (Lipinski definition) is 0. The van der Waals surface area contributed by atoms with Gasteiger partial charge >= 0.3 is 0 Å². The number of hydrogen-bond acceptors (Lipinski definition) is 1. The third-order valence-corrected chi connectivity index (χ3v) is 3.59. The van der Waals surface area contributed by atoms with E-state index in [2.05, 4.69) is 18.2 Å². The fourth-order valence-corrected chi connectivity index (χ4v) is 2.52. The first-order valence-corrected chi connectivity index (χ1v) is 5.52. The summed E-state index contributed by atoms with van der Waals surface area (Å²) in [7, 11) is 1.74. The quantitative estimate of drug-likeness (QED) is 0.707. The van der Waals surface area contributed by atoms with Crippen LogP contribution in [0.25, 0.3) is 0 Å². The van der Waals surface area contributed by atoms with Crippen molar-refractivity contribution in [3.63, 3.8) is 0 Å². The minimum atomic E-state index is 0.845. The fourth-order valence-electron chi connectivity index (χ4n) is 2.52. The fraction of sp³-hybridized carbons (Fsp3) is 0.538. The molecular weight excluding hydrogens is 172 g/mol. The Bertz CT molecular complexity index is 341. The Morgan fingerprint density at radius 1 is 1.29 bits per heavy atom. The predicted molar refractivity (Wildman–Crippen MR) is 56.6 cm³/mol. The van der Waals surface area contributed by atoms with E-state index in [0.29, 0.717) is 0 Å². The summed E-state index contributed by atoms with van der Waals surface area (Å²) in [5.41, 5.74) is 1.49. The summed E-state index contributed by atoms with van der Waals surface area (Å²) >= 11 is 0. The lowest BCUT2D eigenvalue weighted by Gasteiger charge is -2.03. The lowest BCUT2D eigenvalue weighted by molar-refractivity contribution is 0.414. The van der Waals surface area contributed by atoms with E-state index in [1.165, 1.54) is 24.8 Å². The monoisotopic (exact) mass is 188 g/mol.